The monoisotopic (exact) mass is 234 g/mol. The molecule has 7 heteroatoms. The van der Waals surface area contributed by atoms with Crippen molar-refractivity contribution in [3.63, 3.8) is 0 Å². The van der Waals surface area contributed by atoms with Crippen molar-refractivity contribution < 1.29 is 22.7 Å². The molecule has 0 saturated carbocycles. The molecule has 88 valence electrons. The molecule has 0 fully saturated rings. The van der Waals surface area contributed by atoms with Gasteiger partial charge in [0.25, 0.3) is 6.43 Å². The molecule has 4 nitrogen and oxygen atoms in total. The fraction of sp³-hybridized carbons (Fsp3) is 0.333. The molecule has 0 saturated heterocycles. The van der Waals surface area contributed by atoms with E-state index in [1.807, 2.05) is 0 Å². The minimum atomic E-state index is -2.98. The van der Waals surface area contributed by atoms with Gasteiger partial charge < -0.3 is 10.5 Å². The van der Waals surface area contributed by atoms with Crippen LogP contribution in [0.25, 0.3) is 0 Å². The van der Waals surface area contributed by atoms with Gasteiger partial charge in [0, 0.05) is 11.6 Å². The first-order valence-corrected chi connectivity index (χ1v) is 4.38. The maximum atomic E-state index is 12.9. The summed E-state index contributed by atoms with van der Waals surface area (Å²) in [5.74, 6) is -2.23. The summed E-state index contributed by atoms with van der Waals surface area (Å²) < 4.78 is 42.2. The van der Waals surface area contributed by atoms with E-state index in [1.165, 1.54) is 6.92 Å². The number of alkyl halides is 2. The van der Waals surface area contributed by atoms with Crippen molar-refractivity contribution in [2.45, 2.75) is 13.3 Å². The summed E-state index contributed by atoms with van der Waals surface area (Å²) in [5.41, 5.74) is 3.32. The Labute approximate surface area is 89.2 Å². The lowest BCUT2D eigenvalue weighted by Crippen LogP contribution is -2.13. The van der Waals surface area contributed by atoms with Crippen LogP contribution in [0.5, 0.6) is 0 Å². The molecule has 0 amide bonds. The number of anilines is 1. The summed E-state index contributed by atoms with van der Waals surface area (Å²) in [6.45, 7) is 1.53. The standard InChI is InChI=1S/C9H9F3N2O2/c1-2-16-9(15)7-6(13)4(8(11)12)3-5(10)14-7/h3,8H,2,13H2,1H3. The quantitative estimate of drug-likeness (QED) is 0.641. The van der Waals surface area contributed by atoms with Crippen LogP contribution in [-0.4, -0.2) is 17.6 Å². The SMILES string of the molecule is CCOC(=O)c1nc(F)cc(C(F)F)c1N. The Morgan fingerprint density at radius 3 is 2.75 bits per heavy atom. The van der Waals surface area contributed by atoms with Crippen LogP contribution in [0.15, 0.2) is 6.07 Å². The summed E-state index contributed by atoms with van der Waals surface area (Å²) >= 11 is 0. The van der Waals surface area contributed by atoms with E-state index in [2.05, 4.69) is 9.72 Å². The second-order valence-electron chi connectivity index (χ2n) is 2.82. The van der Waals surface area contributed by atoms with Crippen LogP contribution in [0.1, 0.15) is 29.4 Å². The van der Waals surface area contributed by atoms with Crippen molar-refractivity contribution >= 4 is 11.7 Å². The number of aromatic nitrogens is 1. The third-order valence-electron chi connectivity index (χ3n) is 1.76. The van der Waals surface area contributed by atoms with Gasteiger partial charge in [0.15, 0.2) is 5.69 Å². The van der Waals surface area contributed by atoms with Gasteiger partial charge >= 0.3 is 5.97 Å². The average molecular weight is 234 g/mol. The first kappa shape index (κ1) is 12.3. The predicted octanol–water partition coefficient (Wildman–Crippen LogP) is 1.92. The molecule has 0 unspecified atom stereocenters. The molecule has 0 aromatic carbocycles. The van der Waals surface area contributed by atoms with Crippen LogP contribution in [0.3, 0.4) is 0 Å². The molecule has 1 aromatic heterocycles. The number of hydrogen-bond acceptors (Lipinski definition) is 4. The van der Waals surface area contributed by atoms with Gasteiger partial charge in [-0.2, -0.15) is 4.39 Å². The van der Waals surface area contributed by atoms with E-state index in [-0.39, 0.29) is 6.61 Å². The van der Waals surface area contributed by atoms with Crippen LogP contribution < -0.4 is 5.73 Å². The Kier molecular flexibility index (Phi) is 3.70. The summed E-state index contributed by atoms with van der Waals surface area (Å²) in [7, 11) is 0. The predicted molar refractivity (Wildman–Crippen MR) is 49.5 cm³/mol. The molecule has 1 aromatic rings. The van der Waals surface area contributed by atoms with Crippen LogP contribution in [-0.2, 0) is 4.74 Å². The number of carbonyl (C=O) groups excluding carboxylic acids is 1. The normalized spacial score (nSPS) is 10.6. The zero-order chi connectivity index (χ0) is 12.3. The van der Waals surface area contributed by atoms with Gasteiger partial charge in [0.1, 0.15) is 0 Å². The zero-order valence-electron chi connectivity index (χ0n) is 8.34. The highest BCUT2D eigenvalue weighted by Crippen LogP contribution is 2.27. The van der Waals surface area contributed by atoms with Crippen molar-refractivity contribution in [2.75, 3.05) is 12.3 Å². The van der Waals surface area contributed by atoms with Gasteiger partial charge in [-0.05, 0) is 6.92 Å². The summed E-state index contributed by atoms with van der Waals surface area (Å²) in [5, 5.41) is 0. The highest BCUT2D eigenvalue weighted by molar-refractivity contribution is 5.93. The number of nitrogens with two attached hydrogens (primary N) is 1. The fourth-order valence-electron chi connectivity index (χ4n) is 1.08. The number of pyridine rings is 1. The van der Waals surface area contributed by atoms with E-state index in [9.17, 15) is 18.0 Å². The lowest BCUT2D eigenvalue weighted by molar-refractivity contribution is 0.0519. The maximum absolute atomic E-state index is 12.9. The van der Waals surface area contributed by atoms with Crippen molar-refractivity contribution in [1.29, 1.82) is 0 Å². The highest BCUT2D eigenvalue weighted by atomic mass is 19.3. The first-order chi connectivity index (χ1) is 7.47. The van der Waals surface area contributed by atoms with E-state index in [0.717, 1.165) is 0 Å². The van der Waals surface area contributed by atoms with Gasteiger partial charge in [-0.15, -0.1) is 0 Å². The Morgan fingerprint density at radius 2 is 2.25 bits per heavy atom. The largest absolute Gasteiger partial charge is 0.461 e. The van der Waals surface area contributed by atoms with Gasteiger partial charge in [-0.25, -0.2) is 18.6 Å². The van der Waals surface area contributed by atoms with E-state index in [1.54, 1.807) is 0 Å². The molecule has 0 atom stereocenters. The summed E-state index contributed by atoms with van der Waals surface area (Å²) in [6.07, 6.45) is -2.98. The summed E-state index contributed by atoms with van der Waals surface area (Å²) in [6, 6.07) is 0.489. The van der Waals surface area contributed by atoms with Gasteiger partial charge in [-0.3, -0.25) is 0 Å². The molecule has 0 bridgehead atoms. The average Bonchev–Trinajstić information content (AvgIpc) is 2.20. The molecule has 2 N–H and O–H groups in total. The van der Waals surface area contributed by atoms with Crippen molar-refractivity contribution in [1.82, 2.24) is 4.98 Å². The Bertz CT molecular complexity index is 410. The molecule has 1 rings (SSSR count). The zero-order valence-corrected chi connectivity index (χ0v) is 8.34. The number of hydrogen-bond donors (Lipinski definition) is 1. The molecular weight excluding hydrogens is 225 g/mol. The molecule has 0 aliphatic carbocycles. The molecule has 16 heavy (non-hydrogen) atoms. The van der Waals surface area contributed by atoms with Crippen LogP contribution >= 0.6 is 0 Å². The number of ether oxygens (including phenoxy) is 1. The van der Waals surface area contributed by atoms with E-state index < -0.39 is 35.3 Å². The minimum Gasteiger partial charge on any atom is -0.461 e. The second-order valence-corrected chi connectivity index (χ2v) is 2.82. The number of rotatable bonds is 3. The molecular formula is C9H9F3N2O2. The molecule has 0 aliphatic rings. The van der Waals surface area contributed by atoms with Gasteiger partial charge in [0.2, 0.25) is 5.95 Å². The van der Waals surface area contributed by atoms with Crippen molar-refractivity contribution in [3.05, 3.63) is 23.3 Å². The van der Waals surface area contributed by atoms with Gasteiger partial charge in [-0.1, -0.05) is 0 Å². The number of carbonyl (C=O) groups is 1. The molecule has 0 spiro atoms. The smallest absolute Gasteiger partial charge is 0.359 e. The Hall–Kier alpha value is -1.79. The minimum absolute atomic E-state index is 0.0144. The van der Waals surface area contributed by atoms with Crippen LogP contribution in [0.4, 0.5) is 18.9 Å². The van der Waals surface area contributed by atoms with Gasteiger partial charge in [0.05, 0.1) is 12.3 Å². The molecule has 0 aliphatic heterocycles. The number of esters is 1. The fourth-order valence-corrected chi connectivity index (χ4v) is 1.08. The van der Waals surface area contributed by atoms with Crippen molar-refractivity contribution in [3.8, 4) is 0 Å². The maximum Gasteiger partial charge on any atom is 0.359 e. The Balaban J connectivity index is 3.24. The molecule has 0 radical (unpaired) electrons. The van der Waals surface area contributed by atoms with E-state index in [4.69, 9.17) is 5.73 Å². The lowest BCUT2D eigenvalue weighted by Gasteiger charge is -2.08. The van der Waals surface area contributed by atoms with Crippen LogP contribution in [0.2, 0.25) is 0 Å². The first-order valence-electron chi connectivity index (χ1n) is 4.38. The van der Waals surface area contributed by atoms with E-state index >= 15 is 0 Å². The summed E-state index contributed by atoms with van der Waals surface area (Å²) in [4.78, 5) is 14.4. The lowest BCUT2D eigenvalue weighted by atomic mass is 10.2. The third-order valence-corrected chi connectivity index (χ3v) is 1.76. The van der Waals surface area contributed by atoms with Crippen LogP contribution in [0, 0.1) is 5.95 Å². The number of nitrogens with zero attached hydrogens (tertiary/aromatic N) is 1. The molecule has 1 heterocycles. The number of nitrogen functional groups attached to an aromatic ring is 1. The van der Waals surface area contributed by atoms with E-state index in [0.29, 0.717) is 6.07 Å². The second kappa shape index (κ2) is 4.82. The van der Waals surface area contributed by atoms with Crippen molar-refractivity contribution in [2.24, 2.45) is 0 Å². The third kappa shape index (κ3) is 2.41. The number of halogens is 3. The highest BCUT2D eigenvalue weighted by Gasteiger charge is 2.22. The Morgan fingerprint density at radius 1 is 1.62 bits per heavy atom. The topological polar surface area (TPSA) is 65.2 Å².